The van der Waals surface area contributed by atoms with Crippen LogP contribution in [0.4, 0.5) is 11.4 Å². The molecule has 0 aromatic heterocycles. The molecule has 8 nitrogen and oxygen atoms in total. The van der Waals surface area contributed by atoms with Gasteiger partial charge in [0.05, 0.1) is 12.6 Å². The molecule has 0 saturated carbocycles. The highest BCUT2D eigenvalue weighted by atomic mass is 16.5. The van der Waals surface area contributed by atoms with E-state index >= 15 is 0 Å². The van der Waals surface area contributed by atoms with E-state index in [-0.39, 0.29) is 30.4 Å². The molecule has 2 aliphatic rings. The first-order valence-electron chi connectivity index (χ1n) is 12.0. The second-order valence-corrected chi connectivity index (χ2v) is 8.76. The summed E-state index contributed by atoms with van der Waals surface area (Å²) in [6.07, 6.45) is 5.37. The fourth-order valence-corrected chi connectivity index (χ4v) is 4.25. The van der Waals surface area contributed by atoms with Crippen molar-refractivity contribution in [2.45, 2.75) is 38.2 Å². The molecule has 0 spiro atoms. The first-order valence-corrected chi connectivity index (χ1v) is 12.0. The van der Waals surface area contributed by atoms with Crippen LogP contribution in [0.1, 0.15) is 52.8 Å². The summed E-state index contributed by atoms with van der Waals surface area (Å²) in [5.74, 6) is -0.343. The lowest BCUT2D eigenvalue weighted by atomic mass is 10.1. The first kappa shape index (κ1) is 23.8. The van der Waals surface area contributed by atoms with Crippen LogP contribution >= 0.6 is 0 Å². The number of amides is 3. The third-order valence-electron chi connectivity index (χ3n) is 6.15. The quantitative estimate of drug-likeness (QED) is 0.557. The van der Waals surface area contributed by atoms with E-state index in [2.05, 4.69) is 16.0 Å². The molecule has 2 heterocycles. The molecule has 0 aliphatic carbocycles. The highest BCUT2D eigenvalue weighted by molar-refractivity contribution is 5.97. The zero-order chi connectivity index (χ0) is 23.8. The highest BCUT2D eigenvalue weighted by Crippen LogP contribution is 2.17. The first-order chi connectivity index (χ1) is 16.6. The van der Waals surface area contributed by atoms with Crippen LogP contribution in [0.15, 0.2) is 48.5 Å². The Morgan fingerprint density at radius 2 is 1.71 bits per heavy atom. The van der Waals surface area contributed by atoms with Gasteiger partial charge in [0.15, 0.2) is 0 Å². The minimum atomic E-state index is -0.219. The van der Waals surface area contributed by atoms with E-state index in [1.165, 1.54) is 6.42 Å². The summed E-state index contributed by atoms with van der Waals surface area (Å²) in [6.45, 7) is 2.92. The van der Waals surface area contributed by atoms with Crippen LogP contribution in [0.2, 0.25) is 0 Å². The average Bonchev–Trinajstić information content (AvgIpc) is 3.40. The molecule has 2 aromatic carbocycles. The molecule has 2 aliphatic heterocycles. The minimum Gasteiger partial charge on any atom is -0.376 e. The number of likely N-dealkylation sites (tertiary alicyclic amines) is 1. The number of piperidine rings is 1. The van der Waals surface area contributed by atoms with Gasteiger partial charge in [-0.3, -0.25) is 14.4 Å². The topological polar surface area (TPSA) is 99.8 Å². The highest BCUT2D eigenvalue weighted by Gasteiger charge is 2.19. The normalized spacial score (nSPS) is 17.8. The van der Waals surface area contributed by atoms with Crippen molar-refractivity contribution in [2.75, 3.05) is 43.4 Å². The maximum absolute atomic E-state index is 12.7. The molecule has 3 amide bonds. The number of benzene rings is 2. The van der Waals surface area contributed by atoms with E-state index < -0.39 is 0 Å². The Morgan fingerprint density at radius 3 is 2.44 bits per heavy atom. The van der Waals surface area contributed by atoms with Gasteiger partial charge in [-0.2, -0.15) is 0 Å². The molecule has 4 rings (SSSR count). The molecule has 2 saturated heterocycles. The Hall–Kier alpha value is -3.39. The third kappa shape index (κ3) is 6.57. The summed E-state index contributed by atoms with van der Waals surface area (Å²) >= 11 is 0. The number of hydrogen-bond donors (Lipinski definition) is 3. The van der Waals surface area contributed by atoms with Crippen molar-refractivity contribution in [3.05, 3.63) is 59.7 Å². The third-order valence-corrected chi connectivity index (χ3v) is 6.15. The van der Waals surface area contributed by atoms with Crippen LogP contribution in [0.5, 0.6) is 0 Å². The molecule has 8 heteroatoms. The molecule has 1 atom stereocenters. The Bertz CT molecular complexity index is 996. The number of rotatable bonds is 8. The van der Waals surface area contributed by atoms with Gasteiger partial charge in [-0.1, -0.05) is 6.07 Å². The average molecular weight is 465 g/mol. The predicted molar refractivity (Wildman–Crippen MR) is 131 cm³/mol. The molecule has 1 unspecified atom stereocenters. The van der Waals surface area contributed by atoms with Crippen LogP contribution in [0.25, 0.3) is 0 Å². The molecular weight excluding hydrogens is 432 g/mol. The number of carbonyl (C=O) groups excluding carboxylic acids is 3. The Kier molecular flexibility index (Phi) is 8.14. The van der Waals surface area contributed by atoms with Gasteiger partial charge in [0.25, 0.3) is 11.8 Å². The summed E-state index contributed by atoms with van der Waals surface area (Å²) in [5.41, 5.74) is 2.48. The summed E-state index contributed by atoms with van der Waals surface area (Å²) < 4.78 is 5.52. The maximum atomic E-state index is 12.7. The number of carbonyl (C=O) groups is 3. The van der Waals surface area contributed by atoms with Crippen LogP contribution < -0.4 is 16.0 Å². The molecule has 3 N–H and O–H groups in total. The summed E-state index contributed by atoms with van der Waals surface area (Å²) in [5, 5.41) is 8.78. The number of anilines is 2. The molecule has 2 fully saturated rings. The van der Waals surface area contributed by atoms with Gasteiger partial charge >= 0.3 is 0 Å². The lowest BCUT2D eigenvalue weighted by molar-refractivity contribution is -0.114. The molecular formula is C26H32N4O4. The SMILES string of the molecule is O=C(CNc1cccc(C(=O)N2CCCCC2)c1)Nc1ccc(C(=O)NCC2CCCO2)cc1. The van der Waals surface area contributed by atoms with Crippen LogP contribution in [0, 0.1) is 0 Å². The zero-order valence-electron chi connectivity index (χ0n) is 19.3. The number of ether oxygens (including phenoxy) is 1. The summed E-state index contributed by atoms with van der Waals surface area (Å²) in [7, 11) is 0. The predicted octanol–water partition coefficient (Wildman–Crippen LogP) is 3.27. The van der Waals surface area contributed by atoms with Gasteiger partial charge in [-0.15, -0.1) is 0 Å². The molecule has 34 heavy (non-hydrogen) atoms. The number of nitrogens with zero attached hydrogens (tertiary/aromatic N) is 1. The fraction of sp³-hybridized carbons (Fsp3) is 0.423. The van der Waals surface area contributed by atoms with Crippen LogP contribution in [-0.4, -0.2) is 61.5 Å². The minimum absolute atomic E-state index is 0.0349. The van der Waals surface area contributed by atoms with E-state index in [0.717, 1.165) is 51.1 Å². The van der Waals surface area contributed by atoms with E-state index in [4.69, 9.17) is 4.74 Å². The molecule has 2 aromatic rings. The van der Waals surface area contributed by atoms with Crippen molar-refractivity contribution in [1.29, 1.82) is 0 Å². The molecule has 180 valence electrons. The number of hydrogen-bond acceptors (Lipinski definition) is 5. The smallest absolute Gasteiger partial charge is 0.253 e. The second kappa shape index (κ2) is 11.7. The molecule has 0 radical (unpaired) electrons. The summed E-state index contributed by atoms with van der Waals surface area (Å²) in [6, 6.07) is 14.0. The van der Waals surface area contributed by atoms with Crippen molar-refractivity contribution >= 4 is 29.1 Å². The van der Waals surface area contributed by atoms with E-state index in [1.807, 2.05) is 17.0 Å². The Labute approximate surface area is 200 Å². The van der Waals surface area contributed by atoms with Gasteiger partial charge in [0, 0.05) is 48.7 Å². The standard InChI is InChI=1S/C26H32N4O4/c31-24(18-27-22-7-4-6-20(16-22)26(33)30-13-2-1-3-14-30)29-21-11-9-19(10-12-21)25(32)28-17-23-8-5-15-34-23/h4,6-7,9-12,16,23,27H,1-3,5,8,13-15,17-18H2,(H,28,32)(H,29,31). The van der Waals surface area contributed by atoms with Gasteiger partial charge in [-0.05, 0) is 74.6 Å². The number of nitrogens with one attached hydrogen (secondary N) is 3. The van der Waals surface area contributed by atoms with Gasteiger partial charge in [0.2, 0.25) is 5.91 Å². The van der Waals surface area contributed by atoms with Crippen molar-refractivity contribution in [3.63, 3.8) is 0 Å². The van der Waals surface area contributed by atoms with Crippen molar-refractivity contribution in [1.82, 2.24) is 10.2 Å². The lowest BCUT2D eigenvalue weighted by Crippen LogP contribution is -2.35. The lowest BCUT2D eigenvalue weighted by Gasteiger charge is -2.26. The monoisotopic (exact) mass is 464 g/mol. The maximum Gasteiger partial charge on any atom is 0.253 e. The van der Waals surface area contributed by atoms with Gasteiger partial charge < -0.3 is 25.6 Å². The Balaban J connectivity index is 1.23. The van der Waals surface area contributed by atoms with Gasteiger partial charge in [-0.25, -0.2) is 0 Å². The van der Waals surface area contributed by atoms with E-state index in [9.17, 15) is 14.4 Å². The zero-order valence-corrected chi connectivity index (χ0v) is 19.3. The fourth-order valence-electron chi connectivity index (χ4n) is 4.25. The molecule has 0 bridgehead atoms. The van der Waals surface area contributed by atoms with Crippen LogP contribution in [-0.2, 0) is 9.53 Å². The van der Waals surface area contributed by atoms with Crippen molar-refractivity contribution in [3.8, 4) is 0 Å². The van der Waals surface area contributed by atoms with Crippen LogP contribution in [0.3, 0.4) is 0 Å². The van der Waals surface area contributed by atoms with E-state index in [1.54, 1.807) is 36.4 Å². The van der Waals surface area contributed by atoms with Crippen molar-refractivity contribution < 1.29 is 19.1 Å². The van der Waals surface area contributed by atoms with Gasteiger partial charge in [0.1, 0.15) is 0 Å². The van der Waals surface area contributed by atoms with Crippen molar-refractivity contribution in [2.24, 2.45) is 0 Å². The largest absolute Gasteiger partial charge is 0.376 e. The summed E-state index contributed by atoms with van der Waals surface area (Å²) in [4.78, 5) is 39.2. The van der Waals surface area contributed by atoms with E-state index in [0.29, 0.717) is 23.4 Å². The second-order valence-electron chi connectivity index (χ2n) is 8.76. The Morgan fingerprint density at radius 1 is 0.912 bits per heavy atom.